The monoisotopic (exact) mass is 421 g/mol. The number of fused-ring (bicyclic) bond motifs is 3. The molecule has 7 heteroatoms. The smallest absolute Gasteiger partial charge is 0.272 e. The molecule has 4 heterocycles. The molecule has 0 N–H and O–H groups in total. The standard InChI is InChI=1S/C21H15N3OS3/c25-20-18-17(16-9-4-10-22-19(16)28-18)23-21(24(20)12-15-8-5-11-26-15)27-13-14-6-2-1-3-7-14/h1-11H,12-13H2. The summed E-state index contributed by atoms with van der Waals surface area (Å²) in [7, 11) is 0. The van der Waals surface area contributed by atoms with E-state index in [4.69, 9.17) is 4.98 Å². The van der Waals surface area contributed by atoms with Crippen LogP contribution in [-0.2, 0) is 12.3 Å². The predicted molar refractivity (Wildman–Crippen MR) is 119 cm³/mol. The molecule has 0 aliphatic carbocycles. The van der Waals surface area contributed by atoms with Crippen LogP contribution in [0.1, 0.15) is 10.4 Å². The van der Waals surface area contributed by atoms with Gasteiger partial charge in [-0.15, -0.1) is 22.7 Å². The molecule has 0 bridgehead atoms. The van der Waals surface area contributed by atoms with E-state index < -0.39 is 0 Å². The van der Waals surface area contributed by atoms with Gasteiger partial charge in [0.2, 0.25) is 0 Å². The average molecular weight is 422 g/mol. The van der Waals surface area contributed by atoms with Crippen LogP contribution < -0.4 is 5.56 Å². The second kappa shape index (κ2) is 7.50. The summed E-state index contributed by atoms with van der Waals surface area (Å²) in [5.41, 5.74) is 1.98. The van der Waals surface area contributed by atoms with Gasteiger partial charge in [-0.2, -0.15) is 0 Å². The van der Waals surface area contributed by atoms with Gasteiger partial charge in [0.1, 0.15) is 9.53 Å². The van der Waals surface area contributed by atoms with Crippen LogP contribution >= 0.6 is 34.4 Å². The van der Waals surface area contributed by atoms with Crippen LogP contribution in [0.15, 0.2) is 76.1 Å². The lowest BCUT2D eigenvalue weighted by Crippen LogP contribution is -2.22. The van der Waals surface area contributed by atoms with Crippen molar-refractivity contribution >= 4 is 54.9 Å². The Morgan fingerprint density at radius 2 is 1.93 bits per heavy atom. The molecule has 0 aliphatic rings. The van der Waals surface area contributed by atoms with Crippen molar-refractivity contribution in [2.24, 2.45) is 0 Å². The minimum Gasteiger partial charge on any atom is -0.281 e. The Morgan fingerprint density at radius 1 is 1.04 bits per heavy atom. The predicted octanol–water partition coefficient (Wildman–Crippen LogP) is 5.41. The van der Waals surface area contributed by atoms with Crippen LogP contribution in [0, 0.1) is 0 Å². The summed E-state index contributed by atoms with van der Waals surface area (Å²) in [5, 5.41) is 3.73. The van der Waals surface area contributed by atoms with Crippen molar-refractivity contribution in [3.05, 3.63) is 87.0 Å². The summed E-state index contributed by atoms with van der Waals surface area (Å²) in [5.74, 6) is 0.767. The zero-order valence-electron chi connectivity index (χ0n) is 14.7. The first-order chi connectivity index (χ1) is 13.8. The Balaban J connectivity index is 1.65. The third kappa shape index (κ3) is 3.26. The molecular weight excluding hydrogens is 406 g/mol. The largest absolute Gasteiger partial charge is 0.281 e. The first-order valence-electron chi connectivity index (χ1n) is 8.77. The third-order valence-electron chi connectivity index (χ3n) is 4.42. The Hall–Kier alpha value is -2.48. The molecule has 0 amide bonds. The number of aromatic nitrogens is 3. The molecule has 28 heavy (non-hydrogen) atoms. The number of benzene rings is 1. The molecule has 4 nitrogen and oxygen atoms in total. The highest BCUT2D eigenvalue weighted by Gasteiger charge is 2.17. The van der Waals surface area contributed by atoms with Gasteiger partial charge in [0.05, 0.1) is 12.1 Å². The number of hydrogen-bond acceptors (Lipinski definition) is 6. The zero-order chi connectivity index (χ0) is 18.9. The molecule has 0 fully saturated rings. The molecule has 0 aliphatic heterocycles. The maximum Gasteiger partial charge on any atom is 0.272 e. The number of nitrogens with zero attached hydrogens (tertiary/aromatic N) is 3. The minimum absolute atomic E-state index is 0.0111. The minimum atomic E-state index is 0.0111. The topological polar surface area (TPSA) is 47.8 Å². The molecule has 4 aromatic heterocycles. The van der Waals surface area contributed by atoms with E-state index in [9.17, 15) is 4.79 Å². The van der Waals surface area contributed by atoms with Crippen molar-refractivity contribution in [1.82, 2.24) is 14.5 Å². The molecule has 5 rings (SSSR count). The fourth-order valence-corrected chi connectivity index (χ4v) is 5.74. The second-order valence-electron chi connectivity index (χ2n) is 6.28. The van der Waals surface area contributed by atoms with Crippen LogP contribution in [0.3, 0.4) is 0 Å². The van der Waals surface area contributed by atoms with E-state index >= 15 is 0 Å². The number of thiophene rings is 2. The maximum atomic E-state index is 13.4. The summed E-state index contributed by atoms with van der Waals surface area (Å²) < 4.78 is 2.48. The van der Waals surface area contributed by atoms with Crippen LogP contribution in [0.5, 0.6) is 0 Å². The lowest BCUT2D eigenvalue weighted by Gasteiger charge is -2.11. The van der Waals surface area contributed by atoms with Gasteiger partial charge in [0.15, 0.2) is 5.16 Å². The maximum absolute atomic E-state index is 13.4. The fraction of sp³-hybridized carbons (Fsp3) is 0.0952. The highest BCUT2D eigenvalue weighted by molar-refractivity contribution is 7.98. The van der Waals surface area contributed by atoms with Crippen molar-refractivity contribution in [3.63, 3.8) is 0 Å². The van der Waals surface area contributed by atoms with Gasteiger partial charge in [0, 0.05) is 22.2 Å². The van der Waals surface area contributed by atoms with Crippen molar-refractivity contribution < 1.29 is 0 Å². The fourth-order valence-electron chi connectivity index (χ4n) is 3.07. The molecule has 0 atom stereocenters. The molecule has 1 aromatic carbocycles. The van der Waals surface area contributed by atoms with Gasteiger partial charge in [0.25, 0.3) is 5.56 Å². The summed E-state index contributed by atoms with van der Waals surface area (Å²) >= 11 is 4.68. The summed E-state index contributed by atoms with van der Waals surface area (Å²) in [6, 6.07) is 18.2. The van der Waals surface area contributed by atoms with Crippen LogP contribution in [-0.4, -0.2) is 14.5 Å². The summed E-state index contributed by atoms with van der Waals surface area (Å²) in [6.45, 7) is 0.540. The van der Waals surface area contributed by atoms with Crippen molar-refractivity contribution in [3.8, 4) is 0 Å². The summed E-state index contributed by atoms with van der Waals surface area (Å²) in [4.78, 5) is 24.7. The first kappa shape index (κ1) is 17.6. The van der Waals surface area contributed by atoms with Crippen LogP contribution in [0.4, 0.5) is 0 Å². The van der Waals surface area contributed by atoms with E-state index in [1.54, 1.807) is 33.9 Å². The van der Waals surface area contributed by atoms with E-state index in [0.717, 1.165) is 31.5 Å². The van der Waals surface area contributed by atoms with Gasteiger partial charge < -0.3 is 0 Å². The molecule has 5 aromatic rings. The SMILES string of the molecule is O=c1c2sc3ncccc3c2nc(SCc2ccccc2)n1Cc1cccs1. The lowest BCUT2D eigenvalue weighted by molar-refractivity contribution is 0.666. The molecule has 0 spiro atoms. The number of hydrogen-bond donors (Lipinski definition) is 0. The van der Waals surface area contributed by atoms with Gasteiger partial charge in [-0.1, -0.05) is 48.2 Å². The van der Waals surface area contributed by atoms with E-state index in [1.807, 2.05) is 41.8 Å². The van der Waals surface area contributed by atoms with E-state index in [0.29, 0.717) is 11.2 Å². The molecule has 0 radical (unpaired) electrons. The Bertz CT molecular complexity index is 1310. The third-order valence-corrected chi connectivity index (χ3v) is 7.42. The first-order valence-corrected chi connectivity index (χ1v) is 11.4. The van der Waals surface area contributed by atoms with Crippen molar-refractivity contribution in [2.75, 3.05) is 0 Å². The van der Waals surface area contributed by atoms with E-state index in [2.05, 4.69) is 23.2 Å². The molecule has 0 unspecified atom stereocenters. The van der Waals surface area contributed by atoms with E-state index in [-0.39, 0.29) is 5.56 Å². The number of thioether (sulfide) groups is 1. The van der Waals surface area contributed by atoms with Gasteiger partial charge in [-0.25, -0.2) is 9.97 Å². The zero-order valence-corrected chi connectivity index (χ0v) is 17.2. The normalized spacial score (nSPS) is 11.4. The van der Waals surface area contributed by atoms with Crippen LogP contribution in [0.25, 0.3) is 20.4 Å². The second-order valence-corrected chi connectivity index (χ2v) is 9.25. The van der Waals surface area contributed by atoms with Crippen molar-refractivity contribution in [2.45, 2.75) is 17.5 Å². The number of rotatable bonds is 5. The quantitative estimate of drug-likeness (QED) is 0.281. The molecular formula is C21H15N3OS3. The Kier molecular flexibility index (Phi) is 4.72. The number of pyridine rings is 1. The highest BCUT2D eigenvalue weighted by atomic mass is 32.2. The van der Waals surface area contributed by atoms with E-state index in [1.165, 1.54) is 16.9 Å². The lowest BCUT2D eigenvalue weighted by atomic mass is 10.2. The highest BCUT2D eigenvalue weighted by Crippen LogP contribution is 2.31. The van der Waals surface area contributed by atoms with Gasteiger partial charge >= 0.3 is 0 Å². The summed E-state index contributed by atoms with van der Waals surface area (Å²) in [6.07, 6.45) is 1.76. The molecule has 138 valence electrons. The average Bonchev–Trinajstić information content (AvgIpc) is 3.37. The van der Waals surface area contributed by atoms with Crippen molar-refractivity contribution in [1.29, 1.82) is 0 Å². The molecule has 0 saturated heterocycles. The van der Waals surface area contributed by atoms with Crippen LogP contribution in [0.2, 0.25) is 0 Å². The van der Waals surface area contributed by atoms with Gasteiger partial charge in [-0.3, -0.25) is 9.36 Å². The van der Waals surface area contributed by atoms with Gasteiger partial charge in [-0.05, 0) is 29.1 Å². The molecule has 0 saturated carbocycles. The Labute approximate surface area is 173 Å². The Morgan fingerprint density at radius 3 is 2.75 bits per heavy atom.